The van der Waals surface area contributed by atoms with Crippen LogP contribution in [0.2, 0.25) is 5.02 Å². The van der Waals surface area contributed by atoms with Gasteiger partial charge in [0.2, 0.25) is 0 Å². The molecule has 30 heavy (non-hydrogen) atoms. The van der Waals surface area contributed by atoms with Crippen molar-refractivity contribution < 1.29 is 14.3 Å². The van der Waals surface area contributed by atoms with Gasteiger partial charge in [0.1, 0.15) is 24.3 Å². The smallest absolute Gasteiger partial charge is 0.305 e. The monoisotopic (exact) mass is 427 g/mol. The standard InChI is InChI=1S/C21H22ClN5O3/c1-29-12-18(23)27-17-8-6-13(22)11-14(17)20(15-5-3-4-10-25-15)26-16(21(27)24)7-9-19(28)30-2/h3-6,8,10-11,16,23-24H,7,9,12H2,1-2H3/t16-/m0/s1. The second-order valence-electron chi connectivity index (χ2n) is 6.59. The molecule has 0 spiro atoms. The fourth-order valence-corrected chi connectivity index (χ4v) is 3.39. The lowest BCUT2D eigenvalue weighted by Gasteiger charge is -2.27. The van der Waals surface area contributed by atoms with Gasteiger partial charge in [-0.15, -0.1) is 0 Å². The molecule has 2 N–H and O–H groups in total. The van der Waals surface area contributed by atoms with Gasteiger partial charge in [0.15, 0.2) is 0 Å². The average molecular weight is 428 g/mol. The van der Waals surface area contributed by atoms with Gasteiger partial charge < -0.3 is 9.47 Å². The van der Waals surface area contributed by atoms with Gasteiger partial charge >= 0.3 is 5.97 Å². The van der Waals surface area contributed by atoms with Crippen LogP contribution in [0.3, 0.4) is 0 Å². The van der Waals surface area contributed by atoms with Crippen LogP contribution in [0.1, 0.15) is 24.1 Å². The molecule has 0 saturated heterocycles. The zero-order valence-corrected chi connectivity index (χ0v) is 17.4. The summed E-state index contributed by atoms with van der Waals surface area (Å²) in [6.45, 7) is 0.00703. The van der Waals surface area contributed by atoms with Gasteiger partial charge in [0, 0.05) is 30.3 Å². The molecule has 0 bridgehead atoms. The van der Waals surface area contributed by atoms with E-state index in [0.29, 0.717) is 27.7 Å². The molecule has 1 atom stereocenters. The number of rotatable bonds is 6. The number of carbonyl (C=O) groups excluding carboxylic acids is 1. The fourth-order valence-electron chi connectivity index (χ4n) is 3.22. The second kappa shape index (κ2) is 9.60. The van der Waals surface area contributed by atoms with Gasteiger partial charge in [-0.2, -0.15) is 0 Å². The number of esters is 1. The van der Waals surface area contributed by atoms with E-state index in [2.05, 4.69) is 4.98 Å². The van der Waals surface area contributed by atoms with Crippen molar-refractivity contribution in [3.8, 4) is 0 Å². The Morgan fingerprint density at radius 2 is 2.07 bits per heavy atom. The van der Waals surface area contributed by atoms with E-state index in [4.69, 9.17) is 36.9 Å². The van der Waals surface area contributed by atoms with Gasteiger partial charge in [0.25, 0.3) is 0 Å². The zero-order valence-electron chi connectivity index (χ0n) is 16.7. The highest BCUT2D eigenvalue weighted by Crippen LogP contribution is 2.32. The predicted octanol–water partition coefficient (Wildman–Crippen LogP) is 3.32. The zero-order chi connectivity index (χ0) is 21.7. The highest BCUT2D eigenvalue weighted by Gasteiger charge is 2.32. The lowest BCUT2D eigenvalue weighted by Crippen LogP contribution is -2.43. The Balaban J connectivity index is 2.18. The Hall–Kier alpha value is -3.10. The Bertz CT molecular complexity index is 993. The summed E-state index contributed by atoms with van der Waals surface area (Å²) >= 11 is 6.28. The second-order valence-corrected chi connectivity index (χ2v) is 7.02. The summed E-state index contributed by atoms with van der Waals surface area (Å²) in [4.78, 5) is 22.4. The number of hydrogen-bond donors (Lipinski definition) is 2. The molecule has 3 rings (SSSR count). The third kappa shape index (κ3) is 4.55. The molecular weight excluding hydrogens is 406 g/mol. The predicted molar refractivity (Wildman–Crippen MR) is 116 cm³/mol. The molecule has 0 unspecified atom stereocenters. The van der Waals surface area contributed by atoms with Crippen LogP contribution >= 0.6 is 11.6 Å². The topological polar surface area (TPSA) is 112 Å². The van der Waals surface area contributed by atoms with E-state index in [9.17, 15) is 4.79 Å². The molecule has 0 aliphatic carbocycles. The Labute approximate surface area is 179 Å². The van der Waals surface area contributed by atoms with Crippen molar-refractivity contribution in [3.63, 3.8) is 0 Å². The van der Waals surface area contributed by atoms with E-state index in [1.807, 2.05) is 12.1 Å². The van der Waals surface area contributed by atoms with Crippen molar-refractivity contribution >= 4 is 40.6 Å². The Morgan fingerprint density at radius 3 is 2.73 bits per heavy atom. The van der Waals surface area contributed by atoms with Crippen LogP contribution in [0.5, 0.6) is 0 Å². The number of ether oxygens (including phenoxy) is 2. The molecule has 9 heteroatoms. The number of pyridine rings is 1. The van der Waals surface area contributed by atoms with Crippen molar-refractivity contribution in [3.05, 3.63) is 58.9 Å². The quantitative estimate of drug-likeness (QED) is 0.417. The first-order valence-electron chi connectivity index (χ1n) is 9.27. The largest absolute Gasteiger partial charge is 0.469 e. The summed E-state index contributed by atoms with van der Waals surface area (Å²) in [6, 6.07) is 9.97. The van der Waals surface area contributed by atoms with E-state index in [1.165, 1.54) is 19.1 Å². The van der Waals surface area contributed by atoms with Gasteiger partial charge in [-0.3, -0.25) is 30.5 Å². The van der Waals surface area contributed by atoms with Crippen LogP contribution in [-0.2, 0) is 14.3 Å². The van der Waals surface area contributed by atoms with Crippen LogP contribution in [0.4, 0.5) is 5.69 Å². The van der Waals surface area contributed by atoms with E-state index in [0.717, 1.165) is 0 Å². The highest BCUT2D eigenvalue weighted by atomic mass is 35.5. The summed E-state index contributed by atoms with van der Waals surface area (Å²) in [7, 11) is 2.81. The van der Waals surface area contributed by atoms with Gasteiger partial charge in [-0.25, -0.2) is 0 Å². The number of methoxy groups -OCH3 is 2. The van der Waals surface area contributed by atoms with E-state index in [-0.39, 0.29) is 37.1 Å². The lowest BCUT2D eigenvalue weighted by atomic mass is 10.0. The SMILES string of the molecule is COCC(=N)N1C(=N)[C@H](CCC(=O)OC)N=C(c2ccccn2)c2cc(Cl)ccc21. The molecule has 1 aliphatic rings. The number of aromatic nitrogens is 1. The summed E-state index contributed by atoms with van der Waals surface area (Å²) in [5, 5.41) is 17.8. The molecule has 156 valence electrons. The number of carbonyl (C=O) groups is 1. The van der Waals surface area contributed by atoms with Crippen LogP contribution < -0.4 is 4.90 Å². The Kier molecular flexibility index (Phi) is 6.91. The minimum Gasteiger partial charge on any atom is -0.469 e. The van der Waals surface area contributed by atoms with Gasteiger partial charge in [-0.05, 0) is 36.8 Å². The molecule has 0 amide bonds. The van der Waals surface area contributed by atoms with Crippen LogP contribution in [-0.4, -0.2) is 55.2 Å². The fraction of sp³-hybridized carbons (Fsp3) is 0.286. The van der Waals surface area contributed by atoms with E-state index >= 15 is 0 Å². The summed E-state index contributed by atoms with van der Waals surface area (Å²) in [6.07, 6.45) is 2.00. The van der Waals surface area contributed by atoms with Crippen LogP contribution in [0.15, 0.2) is 47.6 Å². The molecule has 2 heterocycles. The number of benzodiazepines with no additional fused rings is 1. The maximum Gasteiger partial charge on any atom is 0.305 e. The lowest BCUT2D eigenvalue weighted by molar-refractivity contribution is -0.140. The number of nitrogens with zero attached hydrogens (tertiary/aromatic N) is 3. The van der Waals surface area contributed by atoms with Crippen molar-refractivity contribution in [2.75, 3.05) is 25.7 Å². The maximum absolute atomic E-state index is 11.7. The number of amidine groups is 2. The first-order chi connectivity index (χ1) is 14.5. The molecule has 1 aliphatic heterocycles. The van der Waals surface area contributed by atoms with Gasteiger partial charge in [-0.1, -0.05) is 17.7 Å². The number of benzene rings is 1. The normalized spacial score (nSPS) is 15.8. The van der Waals surface area contributed by atoms with E-state index in [1.54, 1.807) is 30.5 Å². The molecule has 1 aromatic heterocycles. The molecule has 1 aromatic carbocycles. The minimum atomic E-state index is -0.690. The van der Waals surface area contributed by atoms with Crippen molar-refractivity contribution in [2.24, 2.45) is 4.99 Å². The van der Waals surface area contributed by atoms with Crippen LogP contribution in [0.25, 0.3) is 0 Å². The van der Waals surface area contributed by atoms with Crippen molar-refractivity contribution in [1.29, 1.82) is 10.8 Å². The van der Waals surface area contributed by atoms with E-state index < -0.39 is 6.04 Å². The molecule has 2 aromatic rings. The minimum absolute atomic E-state index is 0.00703. The summed E-state index contributed by atoms with van der Waals surface area (Å²) in [5.41, 5.74) is 2.38. The number of anilines is 1. The number of halogens is 1. The number of nitrogens with one attached hydrogen (secondary N) is 2. The third-order valence-corrected chi connectivity index (χ3v) is 4.84. The van der Waals surface area contributed by atoms with Crippen molar-refractivity contribution in [1.82, 2.24) is 4.98 Å². The number of fused-ring (bicyclic) bond motifs is 1. The number of aliphatic imine (C=N–C) groups is 1. The summed E-state index contributed by atoms with van der Waals surface area (Å²) in [5.74, 6) is -0.247. The highest BCUT2D eigenvalue weighted by molar-refractivity contribution is 6.32. The third-order valence-electron chi connectivity index (χ3n) is 4.60. The molecule has 0 fully saturated rings. The first kappa shape index (κ1) is 21.6. The summed E-state index contributed by atoms with van der Waals surface area (Å²) < 4.78 is 9.88. The molecule has 0 radical (unpaired) electrons. The maximum atomic E-state index is 11.7. The molecular formula is C21H22ClN5O3. The van der Waals surface area contributed by atoms with Crippen molar-refractivity contribution in [2.45, 2.75) is 18.9 Å². The molecule has 8 nitrogen and oxygen atoms in total. The average Bonchev–Trinajstić information content (AvgIpc) is 2.87. The van der Waals surface area contributed by atoms with Gasteiger partial charge in [0.05, 0.1) is 24.2 Å². The molecule has 0 saturated carbocycles. The first-order valence-corrected chi connectivity index (χ1v) is 9.65. The number of hydrogen-bond acceptors (Lipinski definition) is 7. The van der Waals surface area contributed by atoms with Crippen LogP contribution in [0, 0.1) is 10.8 Å². The Morgan fingerprint density at radius 1 is 1.27 bits per heavy atom.